The van der Waals surface area contributed by atoms with Crippen molar-refractivity contribution >= 4 is 5.78 Å². The van der Waals surface area contributed by atoms with E-state index < -0.39 is 0 Å². The second-order valence-corrected chi connectivity index (χ2v) is 4.82. The van der Waals surface area contributed by atoms with E-state index in [-0.39, 0.29) is 28.9 Å². The fourth-order valence-corrected chi connectivity index (χ4v) is 1.94. The van der Waals surface area contributed by atoms with E-state index in [1.165, 1.54) is 6.92 Å². The number of rotatable bonds is 4. The number of Topliss-reactive ketones (excluding diaryl/α,β-unsaturated/α-hetero) is 1. The Balaban J connectivity index is 3.53. The van der Waals surface area contributed by atoms with Crippen LogP contribution in [-0.2, 0) is 0 Å². The van der Waals surface area contributed by atoms with Crippen LogP contribution in [0.15, 0.2) is 16.9 Å². The van der Waals surface area contributed by atoms with Gasteiger partial charge in [-0.3, -0.25) is 9.59 Å². The molecular formula is C14H21NO2. The van der Waals surface area contributed by atoms with Gasteiger partial charge in [0.05, 0.1) is 5.56 Å². The summed E-state index contributed by atoms with van der Waals surface area (Å²) in [6.45, 7) is 9.60. The number of nitrogens with zero attached hydrogens (tertiary/aromatic N) is 1. The van der Waals surface area contributed by atoms with E-state index >= 15 is 0 Å². The third kappa shape index (κ3) is 2.65. The molecule has 1 aromatic heterocycles. The topological polar surface area (TPSA) is 39.1 Å². The van der Waals surface area contributed by atoms with E-state index in [9.17, 15) is 9.59 Å². The largest absolute Gasteiger partial charge is 0.309 e. The zero-order valence-electron chi connectivity index (χ0n) is 11.3. The molecule has 0 fully saturated rings. The molecule has 0 N–H and O–H groups in total. The summed E-state index contributed by atoms with van der Waals surface area (Å²) in [5.74, 6) is 0.111. The Kier molecular flexibility index (Phi) is 4.27. The maximum atomic E-state index is 12.3. The highest BCUT2D eigenvalue weighted by Gasteiger charge is 2.16. The molecule has 1 aromatic rings. The van der Waals surface area contributed by atoms with Crippen LogP contribution in [0.1, 0.15) is 69.1 Å². The van der Waals surface area contributed by atoms with Crippen LogP contribution in [0.25, 0.3) is 0 Å². The molecule has 0 bridgehead atoms. The first-order chi connectivity index (χ1) is 7.90. The molecule has 1 heterocycles. The first-order valence-corrected chi connectivity index (χ1v) is 6.16. The van der Waals surface area contributed by atoms with Crippen molar-refractivity contribution in [3.63, 3.8) is 0 Å². The van der Waals surface area contributed by atoms with Crippen molar-refractivity contribution in [3.8, 4) is 0 Å². The van der Waals surface area contributed by atoms with Crippen molar-refractivity contribution in [2.24, 2.45) is 0 Å². The lowest BCUT2D eigenvalue weighted by Gasteiger charge is -2.21. The molecule has 0 radical (unpaired) electrons. The molecule has 3 heteroatoms. The summed E-state index contributed by atoms with van der Waals surface area (Å²) >= 11 is 0. The predicted octanol–water partition coefficient (Wildman–Crippen LogP) is 3.15. The van der Waals surface area contributed by atoms with Gasteiger partial charge in [-0.25, -0.2) is 0 Å². The number of hydrogen-bond acceptors (Lipinski definition) is 2. The summed E-state index contributed by atoms with van der Waals surface area (Å²) in [7, 11) is 0. The lowest BCUT2D eigenvalue weighted by molar-refractivity contribution is 0.101. The predicted molar refractivity (Wildman–Crippen MR) is 69.8 cm³/mol. The van der Waals surface area contributed by atoms with Crippen LogP contribution in [0, 0.1) is 0 Å². The number of carbonyl (C=O) groups excluding carboxylic acids is 1. The van der Waals surface area contributed by atoms with Crippen molar-refractivity contribution < 1.29 is 4.79 Å². The maximum absolute atomic E-state index is 12.3. The van der Waals surface area contributed by atoms with E-state index in [0.717, 1.165) is 12.1 Å². The van der Waals surface area contributed by atoms with Crippen molar-refractivity contribution in [3.05, 3.63) is 33.7 Å². The van der Waals surface area contributed by atoms with Gasteiger partial charge in [0.2, 0.25) is 0 Å². The Bertz CT molecular complexity index is 472. The summed E-state index contributed by atoms with van der Waals surface area (Å²) < 4.78 is 1.77. The Morgan fingerprint density at radius 1 is 1.29 bits per heavy atom. The quantitative estimate of drug-likeness (QED) is 0.752. The molecule has 1 unspecified atom stereocenters. The van der Waals surface area contributed by atoms with Crippen molar-refractivity contribution in [1.82, 2.24) is 4.57 Å². The Morgan fingerprint density at radius 3 is 2.29 bits per heavy atom. The summed E-state index contributed by atoms with van der Waals surface area (Å²) in [6, 6.07) is 3.67. The van der Waals surface area contributed by atoms with Crippen LogP contribution < -0.4 is 5.56 Å². The standard InChI is InChI=1S/C14H21NO2/c1-6-10(4)15-13(9(2)3)8-7-12(11(5)16)14(15)17/h7-10H,6H2,1-5H3. The highest BCUT2D eigenvalue weighted by molar-refractivity contribution is 5.93. The molecule has 0 aliphatic heterocycles. The number of ketones is 1. The fraction of sp³-hybridized carbons (Fsp3) is 0.571. The third-order valence-electron chi connectivity index (χ3n) is 3.15. The third-order valence-corrected chi connectivity index (χ3v) is 3.15. The second kappa shape index (κ2) is 5.30. The molecule has 1 rings (SSSR count). The van der Waals surface area contributed by atoms with Crippen molar-refractivity contribution in [1.29, 1.82) is 0 Å². The van der Waals surface area contributed by atoms with Gasteiger partial charge in [0.1, 0.15) is 0 Å². The monoisotopic (exact) mass is 235 g/mol. The van der Waals surface area contributed by atoms with Gasteiger partial charge in [-0.05, 0) is 38.3 Å². The Morgan fingerprint density at radius 2 is 1.88 bits per heavy atom. The fourth-order valence-electron chi connectivity index (χ4n) is 1.94. The minimum Gasteiger partial charge on any atom is -0.309 e. The molecular weight excluding hydrogens is 214 g/mol. The average molecular weight is 235 g/mol. The molecule has 0 aromatic carbocycles. The van der Waals surface area contributed by atoms with Gasteiger partial charge in [-0.15, -0.1) is 0 Å². The molecule has 0 amide bonds. The van der Waals surface area contributed by atoms with E-state index in [0.29, 0.717) is 0 Å². The van der Waals surface area contributed by atoms with E-state index in [2.05, 4.69) is 13.8 Å². The number of carbonyl (C=O) groups is 1. The second-order valence-electron chi connectivity index (χ2n) is 4.82. The highest BCUT2D eigenvalue weighted by atomic mass is 16.1. The molecule has 0 spiro atoms. The molecule has 17 heavy (non-hydrogen) atoms. The van der Waals surface area contributed by atoms with Crippen molar-refractivity contribution in [2.75, 3.05) is 0 Å². The smallest absolute Gasteiger partial charge is 0.261 e. The molecule has 3 nitrogen and oxygen atoms in total. The Labute approximate surface area is 102 Å². The summed E-state index contributed by atoms with van der Waals surface area (Å²) in [4.78, 5) is 23.7. The number of hydrogen-bond donors (Lipinski definition) is 0. The first-order valence-electron chi connectivity index (χ1n) is 6.16. The minimum atomic E-state index is -0.164. The van der Waals surface area contributed by atoms with Gasteiger partial charge >= 0.3 is 0 Å². The normalized spacial score (nSPS) is 12.8. The van der Waals surface area contributed by atoms with Crippen LogP contribution in [0.3, 0.4) is 0 Å². The van der Waals surface area contributed by atoms with Gasteiger partial charge in [0.25, 0.3) is 5.56 Å². The first kappa shape index (κ1) is 13.7. The van der Waals surface area contributed by atoms with Crippen molar-refractivity contribution in [2.45, 2.75) is 53.0 Å². The molecule has 0 saturated heterocycles. The van der Waals surface area contributed by atoms with E-state index in [1.807, 2.05) is 19.9 Å². The van der Waals surface area contributed by atoms with Gasteiger partial charge < -0.3 is 4.57 Å². The molecule has 94 valence electrons. The van der Waals surface area contributed by atoms with Gasteiger partial charge in [-0.2, -0.15) is 0 Å². The SMILES string of the molecule is CCC(C)n1c(C(C)C)ccc(C(C)=O)c1=O. The minimum absolute atomic E-state index is 0.124. The van der Waals surface area contributed by atoms with Gasteiger partial charge in [0.15, 0.2) is 5.78 Å². The van der Waals surface area contributed by atoms with Crippen LogP contribution in [0.2, 0.25) is 0 Å². The maximum Gasteiger partial charge on any atom is 0.261 e. The zero-order chi connectivity index (χ0) is 13.2. The Hall–Kier alpha value is -1.38. The molecule has 0 saturated carbocycles. The van der Waals surface area contributed by atoms with Crippen LogP contribution >= 0.6 is 0 Å². The van der Waals surface area contributed by atoms with E-state index in [1.54, 1.807) is 10.6 Å². The lowest BCUT2D eigenvalue weighted by Crippen LogP contribution is -2.30. The summed E-state index contributed by atoms with van der Waals surface area (Å²) in [5, 5.41) is 0. The molecule has 1 atom stereocenters. The molecule has 0 aliphatic rings. The van der Waals surface area contributed by atoms with Crippen LogP contribution in [-0.4, -0.2) is 10.4 Å². The van der Waals surface area contributed by atoms with Crippen LogP contribution in [0.4, 0.5) is 0 Å². The summed E-state index contributed by atoms with van der Waals surface area (Å²) in [6.07, 6.45) is 0.876. The van der Waals surface area contributed by atoms with Gasteiger partial charge in [-0.1, -0.05) is 20.8 Å². The molecule has 0 aliphatic carbocycles. The highest BCUT2D eigenvalue weighted by Crippen LogP contribution is 2.19. The zero-order valence-corrected chi connectivity index (χ0v) is 11.3. The average Bonchev–Trinajstić information content (AvgIpc) is 2.26. The number of aromatic nitrogens is 1. The number of pyridine rings is 1. The van der Waals surface area contributed by atoms with Gasteiger partial charge in [0, 0.05) is 11.7 Å². The van der Waals surface area contributed by atoms with E-state index in [4.69, 9.17) is 0 Å². The van der Waals surface area contributed by atoms with Crippen LogP contribution in [0.5, 0.6) is 0 Å². The lowest BCUT2D eigenvalue weighted by atomic mass is 10.0. The summed E-state index contributed by atoms with van der Waals surface area (Å²) in [5.41, 5.74) is 1.13.